The van der Waals surface area contributed by atoms with Crippen LogP contribution in [-0.2, 0) is 0 Å². The molecule has 1 nitrogen and oxygen atoms in total. The summed E-state index contributed by atoms with van der Waals surface area (Å²) in [5, 5.41) is 0. The van der Waals surface area contributed by atoms with Gasteiger partial charge in [-0.05, 0) is 36.6 Å². The molecule has 5 heteroatoms. The molecule has 0 aliphatic carbocycles. The van der Waals surface area contributed by atoms with E-state index in [9.17, 15) is 13.2 Å². The van der Waals surface area contributed by atoms with Crippen LogP contribution in [0.2, 0.25) is 0 Å². The molecule has 1 atom stereocenters. The lowest BCUT2D eigenvalue weighted by atomic mass is 9.98. The Balaban J connectivity index is 2.70. The van der Waals surface area contributed by atoms with E-state index in [0.717, 1.165) is 15.6 Å². The molecule has 0 fully saturated rings. The molecule has 0 amide bonds. The number of hydrogen-bond donors (Lipinski definition) is 1. The second-order valence-corrected chi connectivity index (χ2v) is 4.68. The van der Waals surface area contributed by atoms with Crippen molar-refractivity contribution in [3.05, 3.63) is 33.8 Å². The Morgan fingerprint density at radius 1 is 1.38 bits per heavy atom. The minimum Gasteiger partial charge on any atom is -0.324 e. The van der Waals surface area contributed by atoms with Crippen LogP contribution in [-0.4, -0.2) is 6.18 Å². The number of rotatable bonds is 3. The number of hydrogen-bond acceptors (Lipinski definition) is 1. The first-order valence-corrected chi connectivity index (χ1v) is 5.67. The molecule has 0 radical (unpaired) electrons. The van der Waals surface area contributed by atoms with Crippen molar-refractivity contribution in [2.24, 2.45) is 5.73 Å². The molecule has 0 aliphatic rings. The van der Waals surface area contributed by atoms with Gasteiger partial charge < -0.3 is 5.73 Å². The van der Waals surface area contributed by atoms with Gasteiger partial charge in [-0.25, -0.2) is 0 Å². The highest BCUT2D eigenvalue weighted by Crippen LogP contribution is 2.28. The Morgan fingerprint density at radius 2 is 2.00 bits per heavy atom. The summed E-state index contributed by atoms with van der Waals surface area (Å²) in [7, 11) is 0. The van der Waals surface area contributed by atoms with E-state index < -0.39 is 18.6 Å². The van der Waals surface area contributed by atoms with Gasteiger partial charge in [0.25, 0.3) is 0 Å². The molecule has 0 saturated heterocycles. The fraction of sp³-hybridized carbons (Fsp3) is 0.455. The van der Waals surface area contributed by atoms with Gasteiger partial charge in [-0.2, -0.15) is 13.2 Å². The van der Waals surface area contributed by atoms with Crippen molar-refractivity contribution in [2.45, 2.75) is 32.0 Å². The number of benzene rings is 1. The maximum atomic E-state index is 12.0. The molecule has 1 rings (SSSR count). The van der Waals surface area contributed by atoms with E-state index in [0.29, 0.717) is 0 Å². The molecule has 0 heterocycles. The molecule has 1 unspecified atom stereocenters. The van der Waals surface area contributed by atoms with Gasteiger partial charge in [-0.1, -0.05) is 22.0 Å². The monoisotopic (exact) mass is 295 g/mol. The topological polar surface area (TPSA) is 26.0 Å². The van der Waals surface area contributed by atoms with E-state index in [1.165, 1.54) is 0 Å². The van der Waals surface area contributed by atoms with Crippen LogP contribution in [0.1, 0.15) is 30.0 Å². The second kappa shape index (κ2) is 5.19. The third-order valence-corrected chi connectivity index (χ3v) is 2.86. The summed E-state index contributed by atoms with van der Waals surface area (Å²) in [6.07, 6.45) is -5.06. The maximum Gasteiger partial charge on any atom is 0.389 e. The van der Waals surface area contributed by atoms with Crippen LogP contribution in [0.15, 0.2) is 22.7 Å². The van der Waals surface area contributed by atoms with Gasteiger partial charge >= 0.3 is 6.18 Å². The minimum atomic E-state index is -4.14. The van der Waals surface area contributed by atoms with Crippen molar-refractivity contribution in [3.63, 3.8) is 0 Å². The SMILES string of the molecule is Cc1cc(Br)ccc1C(N)CCC(F)(F)F. The normalized spacial score (nSPS) is 13.9. The molecular weight excluding hydrogens is 283 g/mol. The third-order valence-electron chi connectivity index (χ3n) is 2.37. The van der Waals surface area contributed by atoms with Crippen molar-refractivity contribution in [3.8, 4) is 0 Å². The van der Waals surface area contributed by atoms with Crippen molar-refractivity contribution in [1.29, 1.82) is 0 Å². The maximum absolute atomic E-state index is 12.0. The molecular formula is C11H13BrF3N. The molecule has 0 aliphatic heterocycles. The highest BCUT2D eigenvalue weighted by atomic mass is 79.9. The third kappa shape index (κ3) is 4.14. The molecule has 90 valence electrons. The van der Waals surface area contributed by atoms with Gasteiger partial charge in [-0.3, -0.25) is 0 Å². The van der Waals surface area contributed by atoms with Gasteiger partial charge in [0.1, 0.15) is 0 Å². The average molecular weight is 296 g/mol. The Morgan fingerprint density at radius 3 is 2.50 bits per heavy atom. The first-order chi connectivity index (χ1) is 7.29. The molecule has 0 spiro atoms. The van der Waals surface area contributed by atoms with E-state index in [1.807, 2.05) is 13.0 Å². The van der Waals surface area contributed by atoms with Crippen LogP contribution in [0.5, 0.6) is 0 Å². The molecule has 2 N–H and O–H groups in total. The van der Waals surface area contributed by atoms with E-state index in [4.69, 9.17) is 5.73 Å². The first-order valence-electron chi connectivity index (χ1n) is 4.88. The van der Waals surface area contributed by atoms with E-state index in [-0.39, 0.29) is 6.42 Å². The summed E-state index contributed by atoms with van der Waals surface area (Å²) in [6.45, 7) is 1.84. The second-order valence-electron chi connectivity index (χ2n) is 3.76. The minimum absolute atomic E-state index is 0.0774. The predicted molar refractivity (Wildman–Crippen MR) is 61.1 cm³/mol. The predicted octanol–water partition coefficient (Wildman–Crippen LogP) is 4.10. The Bertz CT molecular complexity index is 363. The number of nitrogens with two attached hydrogens (primary N) is 1. The number of aryl methyl sites for hydroxylation is 1. The molecule has 0 aromatic heterocycles. The molecule has 0 saturated carbocycles. The van der Waals surface area contributed by atoms with Crippen molar-refractivity contribution < 1.29 is 13.2 Å². The van der Waals surface area contributed by atoms with Crippen LogP contribution in [0.4, 0.5) is 13.2 Å². The van der Waals surface area contributed by atoms with Crippen LogP contribution in [0, 0.1) is 6.92 Å². The summed E-state index contributed by atoms with van der Waals surface area (Å²) in [5.41, 5.74) is 7.42. The van der Waals surface area contributed by atoms with E-state index in [1.54, 1.807) is 12.1 Å². The summed E-state index contributed by atoms with van der Waals surface area (Å²) in [5.74, 6) is 0. The smallest absolute Gasteiger partial charge is 0.324 e. The lowest BCUT2D eigenvalue weighted by Crippen LogP contribution is -2.16. The highest BCUT2D eigenvalue weighted by molar-refractivity contribution is 9.10. The zero-order chi connectivity index (χ0) is 12.3. The van der Waals surface area contributed by atoms with Gasteiger partial charge in [0, 0.05) is 16.9 Å². The Hall–Kier alpha value is -0.550. The number of alkyl halides is 3. The molecule has 1 aromatic rings. The molecule has 0 bridgehead atoms. The summed E-state index contributed by atoms with van der Waals surface area (Å²) in [4.78, 5) is 0. The van der Waals surface area contributed by atoms with Gasteiger partial charge in [0.15, 0.2) is 0 Å². The quantitative estimate of drug-likeness (QED) is 0.893. The number of halogens is 4. The zero-order valence-corrected chi connectivity index (χ0v) is 10.4. The largest absolute Gasteiger partial charge is 0.389 e. The van der Waals surface area contributed by atoms with E-state index >= 15 is 0 Å². The summed E-state index contributed by atoms with van der Waals surface area (Å²) < 4.78 is 37.0. The summed E-state index contributed by atoms with van der Waals surface area (Å²) >= 11 is 3.30. The van der Waals surface area contributed by atoms with Crippen LogP contribution >= 0.6 is 15.9 Å². The highest BCUT2D eigenvalue weighted by Gasteiger charge is 2.28. The zero-order valence-electron chi connectivity index (χ0n) is 8.81. The lowest BCUT2D eigenvalue weighted by Gasteiger charge is -2.16. The summed E-state index contributed by atoms with van der Waals surface area (Å²) in [6, 6.07) is 4.84. The Labute approximate surface area is 101 Å². The van der Waals surface area contributed by atoms with Gasteiger partial charge in [0.2, 0.25) is 0 Å². The molecule has 1 aromatic carbocycles. The van der Waals surface area contributed by atoms with Crippen LogP contribution in [0.25, 0.3) is 0 Å². The van der Waals surface area contributed by atoms with Crippen LogP contribution < -0.4 is 5.73 Å². The standard InChI is InChI=1S/C11H13BrF3N/c1-7-6-8(12)2-3-9(7)10(16)4-5-11(13,14)15/h2-3,6,10H,4-5,16H2,1H3. The van der Waals surface area contributed by atoms with Gasteiger partial charge in [0.05, 0.1) is 0 Å². The average Bonchev–Trinajstić information content (AvgIpc) is 2.13. The Kier molecular flexibility index (Phi) is 4.38. The first kappa shape index (κ1) is 13.5. The van der Waals surface area contributed by atoms with Crippen LogP contribution in [0.3, 0.4) is 0 Å². The van der Waals surface area contributed by atoms with E-state index in [2.05, 4.69) is 15.9 Å². The van der Waals surface area contributed by atoms with Gasteiger partial charge in [-0.15, -0.1) is 0 Å². The fourth-order valence-electron chi connectivity index (χ4n) is 1.53. The van der Waals surface area contributed by atoms with Crippen molar-refractivity contribution >= 4 is 15.9 Å². The van der Waals surface area contributed by atoms with Crippen molar-refractivity contribution in [1.82, 2.24) is 0 Å². The van der Waals surface area contributed by atoms with Crippen molar-refractivity contribution in [2.75, 3.05) is 0 Å². The fourth-order valence-corrected chi connectivity index (χ4v) is 2.01. The molecule has 16 heavy (non-hydrogen) atoms. The lowest BCUT2D eigenvalue weighted by molar-refractivity contribution is -0.136.